The molecule has 0 bridgehead atoms. The highest BCUT2D eigenvalue weighted by Gasteiger charge is 2.09. The molecular formula is C24H17BO. The van der Waals surface area contributed by atoms with E-state index in [1.807, 2.05) is 6.07 Å². The lowest BCUT2D eigenvalue weighted by Crippen LogP contribution is -1.98. The molecule has 0 N–H and O–H groups in total. The van der Waals surface area contributed by atoms with Crippen LogP contribution in [0.1, 0.15) is 0 Å². The third-order valence-corrected chi connectivity index (χ3v) is 4.93. The summed E-state index contributed by atoms with van der Waals surface area (Å²) in [5, 5.41) is 2.35. The Kier molecular flexibility index (Phi) is 3.43. The lowest BCUT2D eigenvalue weighted by molar-refractivity contribution is 0.669. The summed E-state index contributed by atoms with van der Waals surface area (Å²) in [6.07, 6.45) is 0. The van der Waals surface area contributed by atoms with E-state index >= 15 is 0 Å². The van der Waals surface area contributed by atoms with Gasteiger partial charge in [0.05, 0.1) is 0 Å². The van der Waals surface area contributed by atoms with Crippen molar-refractivity contribution in [3.05, 3.63) is 91.0 Å². The van der Waals surface area contributed by atoms with Crippen molar-refractivity contribution in [1.29, 1.82) is 0 Å². The highest BCUT2D eigenvalue weighted by Crippen LogP contribution is 2.33. The van der Waals surface area contributed by atoms with Gasteiger partial charge in [-0.1, -0.05) is 72.2 Å². The van der Waals surface area contributed by atoms with Crippen LogP contribution in [0.4, 0.5) is 0 Å². The largest absolute Gasteiger partial charge is 0.456 e. The molecule has 0 saturated heterocycles. The number of hydrogen-bond acceptors (Lipinski definition) is 1. The van der Waals surface area contributed by atoms with Crippen molar-refractivity contribution >= 4 is 35.2 Å². The Hall–Kier alpha value is -3.26. The van der Waals surface area contributed by atoms with E-state index in [1.165, 1.54) is 38.5 Å². The van der Waals surface area contributed by atoms with Crippen LogP contribution in [-0.4, -0.2) is 7.85 Å². The predicted molar refractivity (Wildman–Crippen MR) is 113 cm³/mol. The molecule has 0 unspecified atom stereocenters. The average molecular weight is 332 g/mol. The van der Waals surface area contributed by atoms with Crippen LogP contribution in [0, 0.1) is 0 Å². The van der Waals surface area contributed by atoms with Crippen molar-refractivity contribution in [1.82, 2.24) is 0 Å². The maximum atomic E-state index is 5.99. The first kappa shape index (κ1) is 15.0. The average Bonchev–Trinajstić information content (AvgIpc) is 3.06. The summed E-state index contributed by atoms with van der Waals surface area (Å²) in [5.41, 5.74) is 8.02. The fourth-order valence-electron chi connectivity index (χ4n) is 3.58. The fourth-order valence-corrected chi connectivity index (χ4v) is 3.58. The second-order valence-corrected chi connectivity index (χ2v) is 6.76. The normalized spacial score (nSPS) is 11.2. The molecule has 0 saturated carbocycles. The molecule has 5 aromatic rings. The molecular weight excluding hydrogens is 315 g/mol. The van der Waals surface area contributed by atoms with Crippen molar-refractivity contribution in [2.45, 2.75) is 0 Å². The molecule has 122 valence electrons. The van der Waals surface area contributed by atoms with Gasteiger partial charge in [0.15, 0.2) is 0 Å². The molecule has 2 heteroatoms. The molecule has 0 fully saturated rings. The van der Waals surface area contributed by atoms with Gasteiger partial charge >= 0.3 is 0 Å². The second kappa shape index (κ2) is 5.92. The lowest BCUT2D eigenvalue weighted by Gasteiger charge is -2.06. The Morgan fingerprint density at radius 3 is 1.92 bits per heavy atom. The summed E-state index contributed by atoms with van der Waals surface area (Å²) in [7, 11) is 2.12. The van der Waals surface area contributed by atoms with Gasteiger partial charge < -0.3 is 4.42 Å². The first-order valence-corrected chi connectivity index (χ1v) is 8.87. The molecule has 4 aromatic carbocycles. The van der Waals surface area contributed by atoms with E-state index in [0.717, 1.165) is 11.2 Å². The van der Waals surface area contributed by atoms with E-state index in [2.05, 4.69) is 92.8 Å². The maximum absolute atomic E-state index is 5.99. The molecule has 0 amide bonds. The van der Waals surface area contributed by atoms with Gasteiger partial charge in [0.25, 0.3) is 0 Å². The molecule has 1 nitrogen and oxygen atoms in total. The zero-order valence-corrected chi connectivity index (χ0v) is 14.6. The lowest BCUT2D eigenvalue weighted by atomic mass is 9.94. The molecule has 0 atom stereocenters. The zero-order chi connectivity index (χ0) is 17.5. The van der Waals surface area contributed by atoms with Gasteiger partial charge in [-0.05, 0) is 46.5 Å². The number of furan rings is 1. The van der Waals surface area contributed by atoms with Crippen molar-refractivity contribution in [3.63, 3.8) is 0 Å². The fraction of sp³-hybridized carbons (Fsp3) is 0. The van der Waals surface area contributed by atoms with Crippen LogP contribution < -0.4 is 5.46 Å². The summed E-state index contributed by atoms with van der Waals surface area (Å²) in [4.78, 5) is 0. The van der Waals surface area contributed by atoms with Crippen molar-refractivity contribution < 1.29 is 4.42 Å². The summed E-state index contributed by atoms with van der Waals surface area (Å²) in [6, 6.07) is 32.0. The first-order chi connectivity index (χ1) is 12.8. The molecule has 5 rings (SSSR count). The Balaban J connectivity index is 1.67. The SMILES string of the molecule is Bc1ccc2oc3ccc(-c4cccc(-c5ccccc5)c4)cc3c2c1. The van der Waals surface area contributed by atoms with Crippen LogP contribution in [-0.2, 0) is 0 Å². The van der Waals surface area contributed by atoms with Gasteiger partial charge in [-0.2, -0.15) is 0 Å². The molecule has 0 aliphatic rings. The summed E-state index contributed by atoms with van der Waals surface area (Å²) >= 11 is 0. The van der Waals surface area contributed by atoms with Crippen LogP contribution in [0.3, 0.4) is 0 Å². The second-order valence-electron chi connectivity index (χ2n) is 6.76. The van der Waals surface area contributed by atoms with Crippen LogP contribution >= 0.6 is 0 Å². The van der Waals surface area contributed by atoms with Gasteiger partial charge in [-0.3, -0.25) is 0 Å². The summed E-state index contributed by atoms with van der Waals surface area (Å²) < 4.78 is 5.99. The number of rotatable bonds is 2. The molecule has 1 aromatic heterocycles. The smallest absolute Gasteiger partial charge is 0.139 e. The topological polar surface area (TPSA) is 13.1 Å². The highest BCUT2D eigenvalue weighted by molar-refractivity contribution is 6.33. The molecule has 0 spiro atoms. The Bertz CT molecular complexity index is 1240. The van der Waals surface area contributed by atoms with Gasteiger partial charge in [0.1, 0.15) is 19.0 Å². The van der Waals surface area contributed by atoms with Gasteiger partial charge in [-0.25, -0.2) is 0 Å². The maximum Gasteiger partial charge on any atom is 0.139 e. The van der Waals surface area contributed by atoms with Crippen LogP contribution in [0.15, 0.2) is 95.4 Å². The predicted octanol–water partition coefficient (Wildman–Crippen LogP) is 5.18. The van der Waals surface area contributed by atoms with E-state index in [1.54, 1.807) is 0 Å². The molecule has 26 heavy (non-hydrogen) atoms. The van der Waals surface area contributed by atoms with E-state index in [0.29, 0.717) is 0 Å². The molecule has 1 heterocycles. The minimum atomic E-state index is 0.938. The van der Waals surface area contributed by atoms with Gasteiger partial charge in [0, 0.05) is 10.8 Å². The molecule has 0 radical (unpaired) electrons. The Morgan fingerprint density at radius 2 is 1.12 bits per heavy atom. The number of fused-ring (bicyclic) bond motifs is 3. The Labute approximate surface area is 153 Å². The first-order valence-electron chi connectivity index (χ1n) is 8.87. The highest BCUT2D eigenvalue weighted by atomic mass is 16.3. The van der Waals surface area contributed by atoms with Crippen LogP contribution in [0.25, 0.3) is 44.2 Å². The number of benzene rings is 4. The standard InChI is InChI=1S/C24H17BO/c25-20-10-12-24-22(15-20)21-14-19(9-11-23(21)26-24)18-8-4-7-17(13-18)16-5-2-1-3-6-16/h1-15H,25H2. The Morgan fingerprint density at radius 1 is 0.500 bits per heavy atom. The molecule has 0 aliphatic heterocycles. The number of hydrogen-bond donors (Lipinski definition) is 0. The van der Waals surface area contributed by atoms with E-state index < -0.39 is 0 Å². The minimum absolute atomic E-state index is 0.938. The van der Waals surface area contributed by atoms with E-state index in [9.17, 15) is 0 Å². The van der Waals surface area contributed by atoms with E-state index in [-0.39, 0.29) is 0 Å². The van der Waals surface area contributed by atoms with Crippen molar-refractivity contribution in [3.8, 4) is 22.3 Å². The van der Waals surface area contributed by atoms with Crippen molar-refractivity contribution in [2.24, 2.45) is 0 Å². The third-order valence-electron chi connectivity index (χ3n) is 4.93. The van der Waals surface area contributed by atoms with Crippen LogP contribution in [0.2, 0.25) is 0 Å². The van der Waals surface area contributed by atoms with Gasteiger partial charge in [-0.15, -0.1) is 0 Å². The minimum Gasteiger partial charge on any atom is -0.456 e. The van der Waals surface area contributed by atoms with Crippen LogP contribution in [0.5, 0.6) is 0 Å². The van der Waals surface area contributed by atoms with E-state index in [4.69, 9.17) is 4.42 Å². The summed E-state index contributed by atoms with van der Waals surface area (Å²) in [6.45, 7) is 0. The monoisotopic (exact) mass is 332 g/mol. The summed E-state index contributed by atoms with van der Waals surface area (Å²) in [5.74, 6) is 0. The van der Waals surface area contributed by atoms with Crippen molar-refractivity contribution in [2.75, 3.05) is 0 Å². The molecule has 0 aliphatic carbocycles. The zero-order valence-electron chi connectivity index (χ0n) is 14.6. The van der Waals surface area contributed by atoms with Gasteiger partial charge in [0.2, 0.25) is 0 Å². The third kappa shape index (κ3) is 2.51. The quantitative estimate of drug-likeness (QED) is 0.406.